The molecule has 0 heterocycles. The number of rotatable bonds is 4. The number of nitrogens with zero attached hydrogens (tertiary/aromatic N) is 1. The van der Waals surface area contributed by atoms with Crippen LogP contribution in [0.4, 0.5) is 10.1 Å². The Balaban J connectivity index is 2.29. The van der Waals surface area contributed by atoms with Crippen molar-refractivity contribution in [3.8, 4) is 0 Å². The van der Waals surface area contributed by atoms with Crippen molar-refractivity contribution in [3.63, 3.8) is 0 Å². The van der Waals surface area contributed by atoms with Crippen molar-refractivity contribution in [2.75, 3.05) is 11.9 Å². The van der Waals surface area contributed by atoms with Crippen LogP contribution in [0.2, 0.25) is 0 Å². The zero-order valence-electron chi connectivity index (χ0n) is 11.3. The fraction of sp³-hybridized carbons (Fsp3) is 0.125. The Kier molecular flexibility index (Phi) is 3.94. The number of hydrogen-bond acceptors (Lipinski definition) is 2. The summed E-state index contributed by atoms with van der Waals surface area (Å²) in [5.74, 6) is -0.641. The molecule has 0 atom stereocenters. The minimum atomic E-state index is -0.395. The normalized spacial score (nSPS) is 10.2. The van der Waals surface area contributed by atoms with Gasteiger partial charge < -0.3 is 4.90 Å². The number of amides is 1. The molecule has 0 aliphatic carbocycles. The molecular weight excluding hydrogens is 257 g/mol. The second-order valence-corrected chi connectivity index (χ2v) is 4.56. The second kappa shape index (κ2) is 5.65. The Morgan fingerprint density at radius 3 is 2.25 bits per heavy atom. The minimum Gasteiger partial charge on any atom is -0.318 e. The Bertz CT molecular complexity index is 650. The van der Waals surface area contributed by atoms with E-state index >= 15 is 0 Å². The van der Waals surface area contributed by atoms with Crippen LogP contribution in [0.5, 0.6) is 0 Å². The lowest BCUT2D eigenvalue weighted by Crippen LogP contribution is -2.13. The molecule has 0 aliphatic heterocycles. The quantitative estimate of drug-likeness (QED) is 0.633. The first-order chi connectivity index (χ1) is 9.52. The number of hydrogen-bond donors (Lipinski definition) is 0. The zero-order valence-corrected chi connectivity index (χ0v) is 11.3. The molecule has 3 nitrogen and oxygen atoms in total. The van der Waals surface area contributed by atoms with Crippen LogP contribution in [0.1, 0.15) is 21.5 Å². The van der Waals surface area contributed by atoms with E-state index < -0.39 is 5.82 Å². The van der Waals surface area contributed by atoms with Crippen molar-refractivity contribution >= 4 is 17.9 Å². The van der Waals surface area contributed by atoms with Gasteiger partial charge in [0.2, 0.25) is 6.41 Å². The van der Waals surface area contributed by atoms with Crippen molar-refractivity contribution in [1.29, 1.82) is 0 Å². The minimum absolute atomic E-state index is 0.246. The molecule has 0 N–H and O–H groups in total. The van der Waals surface area contributed by atoms with Crippen molar-refractivity contribution in [2.24, 2.45) is 0 Å². The summed E-state index contributed by atoms with van der Waals surface area (Å²) in [4.78, 5) is 24.2. The third kappa shape index (κ3) is 2.74. The Morgan fingerprint density at radius 2 is 1.70 bits per heavy atom. The highest BCUT2D eigenvalue weighted by Crippen LogP contribution is 2.17. The van der Waals surface area contributed by atoms with E-state index in [2.05, 4.69) is 0 Å². The first-order valence-electron chi connectivity index (χ1n) is 6.12. The predicted octanol–water partition coefficient (Wildman–Crippen LogP) is 2.96. The Hall–Kier alpha value is -2.49. The number of anilines is 1. The van der Waals surface area contributed by atoms with Crippen molar-refractivity contribution < 1.29 is 14.0 Å². The molecule has 2 aromatic carbocycles. The standard InChI is InChI=1S/C16H14FNO2/c1-11-3-4-13(9-15(11)17)16(20)12-5-7-14(8-6-12)18(2)10-19/h3-10H,1-2H3. The molecule has 1 amide bonds. The van der Waals surface area contributed by atoms with Gasteiger partial charge >= 0.3 is 0 Å². The van der Waals surface area contributed by atoms with E-state index in [1.807, 2.05) is 0 Å². The largest absolute Gasteiger partial charge is 0.318 e. The predicted molar refractivity (Wildman–Crippen MR) is 75.5 cm³/mol. The fourth-order valence-corrected chi connectivity index (χ4v) is 1.81. The molecule has 0 aromatic heterocycles. The van der Waals surface area contributed by atoms with E-state index in [1.165, 1.54) is 11.0 Å². The molecule has 0 unspecified atom stereocenters. The smallest absolute Gasteiger partial charge is 0.213 e. The molecule has 0 saturated heterocycles. The number of benzene rings is 2. The maximum Gasteiger partial charge on any atom is 0.213 e. The first-order valence-corrected chi connectivity index (χ1v) is 6.12. The summed E-state index contributed by atoms with van der Waals surface area (Å²) >= 11 is 0. The van der Waals surface area contributed by atoms with Gasteiger partial charge in [-0.15, -0.1) is 0 Å². The molecular formula is C16H14FNO2. The lowest BCUT2D eigenvalue weighted by atomic mass is 10.0. The van der Waals surface area contributed by atoms with Crippen LogP contribution in [0, 0.1) is 12.7 Å². The van der Waals surface area contributed by atoms with E-state index in [9.17, 15) is 14.0 Å². The van der Waals surface area contributed by atoms with Gasteiger partial charge in [-0.3, -0.25) is 9.59 Å². The van der Waals surface area contributed by atoms with Gasteiger partial charge in [0.25, 0.3) is 0 Å². The van der Waals surface area contributed by atoms with Crippen LogP contribution < -0.4 is 4.90 Å². The lowest BCUT2D eigenvalue weighted by molar-refractivity contribution is -0.107. The first kappa shape index (κ1) is 13.9. The number of aryl methyl sites for hydroxylation is 1. The third-order valence-corrected chi connectivity index (χ3v) is 3.13. The Morgan fingerprint density at radius 1 is 1.10 bits per heavy atom. The second-order valence-electron chi connectivity index (χ2n) is 4.56. The molecule has 2 rings (SSSR count). The van der Waals surface area contributed by atoms with Gasteiger partial charge in [0.05, 0.1) is 0 Å². The van der Waals surface area contributed by atoms with Gasteiger partial charge in [-0.2, -0.15) is 0 Å². The zero-order chi connectivity index (χ0) is 14.7. The number of carbonyl (C=O) groups is 2. The highest BCUT2D eigenvalue weighted by molar-refractivity contribution is 6.09. The topological polar surface area (TPSA) is 37.4 Å². The summed E-state index contributed by atoms with van der Waals surface area (Å²) < 4.78 is 13.5. The summed E-state index contributed by atoms with van der Waals surface area (Å²) in [5, 5.41) is 0. The maximum absolute atomic E-state index is 13.5. The summed E-state index contributed by atoms with van der Waals surface area (Å²) in [6.45, 7) is 1.65. The molecule has 0 radical (unpaired) electrons. The van der Waals surface area contributed by atoms with E-state index in [1.54, 1.807) is 50.4 Å². The number of ketones is 1. The van der Waals surface area contributed by atoms with Gasteiger partial charge in [0.1, 0.15) is 5.82 Å². The molecule has 0 aliphatic rings. The van der Waals surface area contributed by atoms with Gasteiger partial charge in [-0.25, -0.2) is 4.39 Å². The summed E-state index contributed by atoms with van der Waals surface area (Å²) in [7, 11) is 1.62. The van der Waals surface area contributed by atoms with E-state index in [4.69, 9.17) is 0 Å². The van der Waals surface area contributed by atoms with Crippen molar-refractivity contribution in [2.45, 2.75) is 6.92 Å². The average molecular weight is 271 g/mol. The monoisotopic (exact) mass is 271 g/mol. The SMILES string of the molecule is Cc1ccc(C(=O)c2ccc(N(C)C=O)cc2)cc1F. The van der Waals surface area contributed by atoms with E-state index in [0.29, 0.717) is 28.8 Å². The molecule has 4 heteroatoms. The van der Waals surface area contributed by atoms with E-state index in [0.717, 1.165) is 0 Å². The van der Waals surface area contributed by atoms with Crippen LogP contribution in [0.15, 0.2) is 42.5 Å². The van der Waals surface area contributed by atoms with Gasteiger partial charge in [0.15, 0.2) is 5.78 Å². The van der Waals surface area contributed by atoms with E-state index in [-0.39, 0.29) is 5.78 Å². The highest BCUT2D eigenvalue weighted by atomic mass is 19.1. The van der Waals surface area contributed by atoms with Crippen molar-refractivity contribution in [1.82, 2.24) is 0 Å². The summed E-state index contributed by atoms with van der Waals surface area (Å²) in [5.41, 5.74) is 1.96. The molecule has 0 spiro atoms. The summed E-state index contributed by atoms with van der Waals surface area (Å²) in [6, 6.07) is 11.0. The molecule has 0 bridgehead atoms. The molecule has 0 fully saturated rings. The van der Waals surface area contributed by atoms with Crippen molar-refractivity contribution in [3.05, 3.63) is 65.0 Å². The number of halogens is 1. The van der Waals surface area contributed by atoms with Crippen LogP contribution in [-0.4, -0.2) is 19.2 Å². The number of carbonyl (C=O) groups excluding carboxylic acids is 2. The van der Waals surface area contributed by atoms with Gasteiger partial charge in [-0.05, 0) is 42.8 Å². The van der Waals surface area contributed by atoms with Crippen LogP contribution in [0.3, 0.4) is 0 Å². The summed E-state index contributed by atoms with van der Waals surface area (Å²) in [6.07, 6.45) is 0.687. The highest BCUT2D eigenvalue weighted by Gasteiger charge is 2.11. The Labute approximate surface area is 116 Å². The molecule has 102 valence electrons. The van der Waals surface area contributed by atoms with Crippen LogP contribution in [-0.2, 0) is 4.79 Å². The molecule has 2 aromatic rings. The van der Waals surface area contributed by atoms with Crippen LogP contribution >= 0.6 is 0 Å². The lowest BCUT2D eigenvalue weighted by Gasteiger charge is -2.11. The molecule has 0 saturated carbocycles. The van der Waals surface area contributed by atoms with Gasteiger partial charge in [0, 0.05) is 23.9 Å². The maximum atomic E-state index is 13.5. The fourth-order valence-electron chi connectivity index (χ4n) is 1.81. The third-order valence-electron chi connectivity index (χ3n) is 3.13. The average Bonchev–Trinajstić information content (AvgIpc) is 2.48. The van der Waals surface area contributed by atoms with Gasteiger partial charge in [-0.1, -0.05) is 12.1 Å². The van der Waals surface area contributed by atoms with Crippen LogP contribution in [0.25, 0.3) is 0 Å². The molecule has 20 heavy (non-hydrogen) atoms.